The summed E-state index contributed by atoms with van der Waals surface area (Å²) in [5.41, 5.74) is 8.14. The van der Waals surface area contributed by atoms with Crippen LogP contribution < -0.4 is 10.5 Å². The first-order chi connectivity index (χ1) is 10.6. The van der Waals surface area contributed by atoms with Crippen molar-refractivity contribution in [2.24, 2.45) is 5.73 Å². The highest BCUT2D eigenvalue weighted by Gasteiger charge is 2.30. The maximum absolute atomic E-state index is 11.5. The fourth-order valence-corrected chi connectivity index (χ4v) is 3.12. The van der Waals surface area contributed by atoms with Gasteiger partial charge in [-0.15, -0.1) is 0 Å². The number of imidazole rings is 1. The Labute approximate surface area is 128 Å². The standard InChI is InChI=1S/C15H20N4O3/c1-22-9-6-10(12-4-2-3-5-19(12)15(20)21)14-11(7-9)17-13(8-16)18-14/h6-7,12H,2-5,8,16H2,1H3,(H,17,18)(H,20,21). The fraction of sp³-hybridized carbons (Fsp3) is 0.467. The van der Waals surface area contributed by atoms with E-state index in [0.29, 0.717) is 24.7 Å². The second-order valence-corrected chi connectivity index (χ2v) is 5.49. The number of ether oxygens (including phenoxy) is 1. The SMILES string of the molecule is COc1cc(C2CCCCN2C(=O)O)c2nc(CN)[nH]c2c1. The number of nitrogens with one attached hydrogen (secondary N) is 1. The van der Waals surface area contributed by atoms with Crippen LogP contribution in [0.4, 0.5) is 4.79 Å². The summed E-state index contributed by atoms with van der Waals surface area (Å²) in [6.45, 7) is 0.858. The van der Waals surface area contributed by atoms with Gasteiger partial charge in [-0.05, 0) is 25.3 Å². The number of aromatic nitrogens is 2. The molecule has 1 aromatic carbocycles. The highest BCUT2D eigenvalue weighted by molar-refractivity contribution is 5.82. The number of rotatable bonds is 3. The molecule has 22 heavy (non-hydrogen) atoms. The Balaban J connectivity index is 2.14. The molecular formula is C15H20N4O3. The molecule has 1 saturated heterocycles. The van der Waals surface area contributed by atoms with Crippen molar-refractivity contribution >= 4 is 17.1 Å². The van der Waals surface area contributed by atoms with Gasteiger partial charge in [0.1, 0.15) is 11.6 Å². The van der Waals surface area contributed by atoms with Crippen molar-refractivity contribution in [2.45, 2.75) is 31.8 Å². The van der Waals surface area contributed by atoms with Crippen LogP contribution >= 0.6 is 0 Å². The van der Waals surface area contributed by atoms with Crippen LogP contribution in [0.3, 0.4) is 0 Å². The molecule has 0 radical (unpaired) electrons. The number of benzene rings is 1. The molecule has 1 atom stereocenters. The minimum atomic E-state index is -0.893. The maximum Gasteiger partial charge on any atom is 0.407 e. The second kappa shape index (κ2) is 5.84. The van der Waals surface area contributed by atoms with Crippen LogP contribution in [-0.2, 0) is 6.54 Å². The number of amides is 1. The van der Waals surface area contributed by atoms with Gasteiger partial charge in [0.05, 0.1) is 30.7 Å². The Morgan fingerprint density at radius 1 is 1.55 bits per heavy atom. The van der Waals surface area contributed by atoms with E-state index in [1.54, 1.807) is 7.11 Å². The van der Waals surface area contributed by atoms with E-state index in [4.69, 9.17) is 10.5 Å². The fourth-order valence-electron chi connectivity index (χ4n) is 3.12. The molecule has 0 bridgehead atoms. The molecule has 118 valence electrons. The molecule has 7 heteroatoms. The molecule has 2 aromatic rings. The third-order valence-corrected chi connectivity index (χ3v) is 4.18. The van der Waals surface area contributed by atoms with Crippen molar-refractivity contribution in [3.8, 4) is 5.75 Å². The van der Waals surface area contributed by atoms with Crippen molar-refractivity contribution in [1.29, 1.82) is 0 Å². The van der Waals surface area contributed by atoms with Crippen LogP contribution in [0, 0.1) is 0 Å². The van der Waals surface area contributed by atoms with E-state index in [9.17, 15) is 9.90 Å². The minimum Gasteiger partial charge on any atom is -0.497 e. The summed E-state index contributed by atoms with van der Waals surface area (Å²) < 4.78 is 5.35. The third-order valence-electron chi connectivity index (χ3n) is 4.18. The van der Waals surface area contributed by atoms with Gasteiger partial charge in [-0.1, -0.05) is 0 Å². The van der Waals surface area contributed by atoms with Crippen molar-refractivity contribution < 1.29 is 14.6 Å². The zero-order valence-electron chi connectivity index (χ0n) is 12.5. The van der Waals surface area contributed by atoms with E-state index in [-0.39, 0.29) is 6.04 Å². The summed E-state index contributed by atoms with van der Waals surface area (Å²) in [6.07, 6.45) is 1.79. The molecule has 1 aliphatic heterocycles. The zero-order valence-corrected chi connectivity index (χ0v) is 12.5. The summed E-state index contributed by atoms with van der Waals surface area (Å²) in [7, 11) is 1.60. The summed E-state index contributed by atoms with van der Waals surface area (Å²) in [6, 6.07) is 3.55. The molecule has 7 nitrogen and oxygen atoms in total. The van der Waals surface area contributed by atoms with E-state index >= 15 is 0 Å². The summed E-state index contributed by atoms with van der Waals surface area (Å²) in [4.78, 5) is 20.7. The van der Waals surface area contributed by atoms with Crippen LogP contribution in [0.15, 0.2) is 12.1 Å². The van der Waals surface area contributed by atoms with E-state index in [0.717, 1.165) is 35.9 Å². The van der Waals surface area contributed by atoms with Gasteiger partial charge < -0.3 is 25.5 Å². The number of aromatic amines is 1. The highest BCUT2D eigenvalue weighted by Crippen LogP contribution is 2.36. The molecule has 1 amide bonds. The average Bonchev–Trinajstić information content (AvgIpc) is 2.96. The molecule has 0 aliphatic carbocycles. The lowest BCUT2D eigenvalue weighted by Gasteiger charge is -2.34. The zero-order chi connectivity index (χ0) is 15.7. The number of methoxy groups -OCH3 is 1. The van der Waals surface area contributed by atoms with E-state index in [1.807, 2.05) is 12.1 Å². The Kier molecular flexibility index (Phi) is 3.89. The predicted octanol–water partition coefficient (Wildman–Crippen LogP) is 2.24. The second-order valence-electron chi connectivity index (χ2n) is 5.49. The van der Waals surface area contributed by atoms with Crippen molar-refractivity contribution in [3.05, 3.63) is 23.5 Å². The monoisotopic (exact) mass is 304 g/mol. The largest absolute Gasteiger partial charge is 0.497 e. The number of nitrogens with two attached hydrogens (primary N) is 1. The average molecular weight is 304 g/mol. The molecule has 1 unspecified atom stereocenters. The lowest BCUT2D eigenvalue weighted by atomic mass is 9.94. The Morgan fingerprint density at radius 3 is 3.05 bits per heavy atom. The number of carbonyl (C=O) groups is 1. The predicted molar refractivity (Wildman–Crippen MR) is 81.9 cm³/mol. The van der Waals surface area contributed by atoms with Crippen LogP contribution in [0.5, 0.6) is 5.75 Å². The Hall–Kier alpha value is -2.28. The number of likely N-dealkylation sites (tertiary alicyclic amines) is 1. The topological polar surface area (TPSA) is 104 Å². The summed E-state index contributed by atoms with van der Waals surface area (Å²) in [5, 5.41) is 9.47. The Bertz CT molecular complexity index is 697. The van der Waals surface area contributed by atoms with Gasteiger partial charge in [-0.25, -0.2) is 9.78 Å². The normalized spacial score (nSPS) is 18.6. The summed E-state index contributed by atoms with van der Waals surface area (Å²) >= 11 is 0. The maximum atomic E-state index is 11.5. The number of piperidine rings is 1. The lowest BCUT2D eigenvalue weighted by Crippen LogP contribution is -2.37. The molecular weight excluding hydrogens is 284 g/mol. The van der Waals surface area contributed by atoms with Gasteiger partial charge in [0, 0.05) is 18.2 Å². The number of carboxylic acid groups (broad SMARTS) is 1. The van der Waals surface area contributed by atoms with Gasteiger partial charge in [0.25, 0.3) is 0 Å². The van der Waals surface area contributed by atoms with Crippen LogP contribution in [0.2, 0.25) is 0 Å². The summed E-state index contributed by atoms with van der Waals surface area (Å²) in [5.74, 6) is 1.37. The van der Waals surface area contributed by atoms with Crippen LogP contribution in [0.1, 0.15) is 36.7 Å². The molecule has 0 spiro atoms. The number of nitrogens with zero attached hydrogens (tertiary/aromatic N) is 2. The molecule has 3 rings (SSSR count). The van der Waals surface area contributed by atoms with E-state index in [2.05, 4.69) is 9.97 Å². The molecule has 2 heterocycles. The van der Waals surface area contributed by atoms with Gasteiger partial charge in [0.2, 0.25) is 0 Å². The number of H-pyrrole nitrogens is 1. The molecule has 1 aromatic heterocycles. The van der Waals surface area contributed by atoms with Gasteiger partial charge in [0.15, 0.2) is 0 Å². The third kappa shape index (κ3) is 2.48. The minimum absolute atomic E-state index is 0.197. The van der Waals surface area contributed by atoms with Gasteiger partial charge in [-0.2, -0.15) is 0 Å². The van der Waals surface area contributed by atoms with Crippen LogP contribution in [-0.4, -0.2) is 39.7 Å². The smallest absolute Gasteiger partial charge is 0.407 e. The van der Waals surface area contributed by atoms with Gasteiger partial charge >= 0.3 is 6.09 Å². The quantitative estimate of drug-likeness (QED) is 0.806. The first-order valence-electron chi connectivity index (χ1n) is 7.40. The van der Waals surface area contributed by atoms with E-state index in [1.165, 1.54) is 4.90 Å². The van der Waals surface area contributed by atoms with Crippen molar-refractivity contribution in [1.82, 2.24) is 14.9 Å². The number of hydrogen-bond donors (Lipinski definition) is 3. The molecule has 4 N–H and O–H groups in total. The lowest BCUT2D eigenvalue weighted by molar-refractivity contribution is 0.107. The molecule has 0 saturated carbocycles. The molecule has 1 aliphatic rings. The Morgan fingerprint density at radius 2 is 2.36 bits per heavy atom. The van der Waals surface area contributed by atoms with Gasteiger partial charge in [-0.3, -0.25) is 0 Å². The van der Waals surface area contributed by atoms with E-state index < -0.39 is 6.09 Å². The first kappa shape index (κ1) is 14.6. The molecule has 1 fully saturated rings. The van der Waals surface area contributed by atoms with Crippen molar-refractivity contribution in [3.63, 3.8) is 0 Å². The first-order valence-corrected chi connectivity index (χ1v) is 7.40. The highest BCUT2D eigenvalue weighted by atomic mass is 16.5. The number of fused-ring (bicyclic) bond motifs is 1. The van der Waals surface area contributed by atoms with Crippen LogP contribution in [0.25, 0.3) is 11.0 Å². The van der Waals surface area contributed by atoms with Crippen molar-refractivity contribution in [2.75, 3.05) is 13.7 Å². The number of hydrogen-bond acceptors (Lipinski definition) is 4.